The van der Waals surface area contributed by atoms with Gasteiger partial charge in [-0.1, -0.05) is 0 Å². The molecule has 0 aliphatic carbocycles. The molecule has 0 saturated carbocycles. The van der Waals surface area contributed by atoms with Crippen LogP contribution in [-0.4, -0.2) is 35.7 Å². The van der Waals surface area contributed by atoms with Gasteiger partial charge in [0.05, 0.1) is 6.10 Å². The van der Waals surface area contributed by atoms with E-state index in [0.717, 1.165) is 0 Å². The molecule has 1 unspecified atom stereocenters. The van der Waals surface area contributed by atoms with Crippen LogP contribution in [0.1, 0.15) is 13.8 Å². The first kappa shape index (κ1) is 11.0. The van der Waals surface area contributed by atoms with E-state index in [1.165, 1.54) is 0 Å². The van der Waals surface area contributed by atoms with E-state index >= 15 is 0 Å². The Hall–Kier alpha value is 1.19. The van der Waals surface area contributed by atoms with Gasteiger partial charge in [0.15, 0.2) is 8.69 Å². The Bertz CT molecular complexity index is 48.2. The molecule has 0 amide bonds. The van der Waals surface area contributed by atoms with E-state index in [9.17, 15) is 4.57 Å². The average molecular weight is 132 g/mol. The van der Waals surface area contributed by atoms with Crippen LogP contribution in [0.4, 0.5) is 0 Å². The zero-order chi connectivity index (χ0) is 4.99. The van der Waals surface area contributed by atoms with Crippen LogP contribution in [0.2, 0.25) is 0 Å². The summed E-state index contributed by atoms with van der Waals surface area (Å²) in [6.07, 6.45) is 0.123. The minimum atomic E-state index is -0.998. The Morgan fingerprint density at radius 3 is 2.00 bits per heavy atom. The summed E-state index contributed by atoms with van der Waals surface area (Å²) in [7, 11) is -0.998. The van der Waals surface area contributed by atoms with Gasteiger partial charge in [0.25, 0.3) is 0 Å². The van der Waals surface area contributed by atoms with E-state index in [0.29, 0.717) is 0 Å². The summed E-state index contributed by atoms with van der Waals surface area (Å²) in [5, 5.41) is 0. The first-order valence-electron chi connectivity index (χ1n) is 1.86. The van der Waals surface area contributed by atoms with Gasteiger partial charge < -0.3 is 4.52 Å². The fourth-order valence-corrected chi connectivity index (χ4v) is 0.333. The van der Waals surface area contributed by atoms with Gasteiger partial charge in [-0.15, -0.1) is 0 Å². The fourth-order valence-electron chi connectivity index (χ4n) is 0.111. The predicted octanol–water partition coefficient (Wildman–Crippen LogP) is 0.434. The molecular formula is C3H10NaO2P. The number of hydrogen-bond acceptors (Lipinski definition) is 2. The molecule has 0 aromatic heterocycles. The van der Waals surface area contributed by atoms with Crippen molar-refractivity contribution in [2.24, 2.45) is 0 Å². The molecule has 0 spiro atoms. The zero-order valence-corrected chi connectivity index (χ0v) is 5.13. The summed E-state index contributed by atoms with van der Waals surface area (Å²) in [6, 6.07) is 0. The van der Waals surface area contributed by atoms with Gasteiger partial charge in [0.1, 0.15) is 0 Å². The number of rotatable bonds is 2. The van der Waals surface area contributed by atoms with E-state index < -0.39 is 8.69 Å². The summed E-state index contributed by atoms with van der Waals surface area (Å²) in [5.41, 5.74) is 0. The molecule has 0 bridgehead atoms. The molecular weight excluding hydrogens is 122 g/mol. The van der Waals surface area contributed by atoms with Crippen LogP contribution in [-0.2, 0) is 9.09 Å². The maximum absolute atomic E-state index is 9.60. The van der Waals surface area contributed by atoms with Crippen molar-refractivity contribution in [1.82, 2.24) is 0 Å². The van der Waals surface area contributed by atoms with E-state index in [4.69, 9.17) is 0 Å². The third-order valence-corrected chi connectivity index (χ3v) is 0.983. The average Bonchev–Trinajstić information content (AvgIpc) is 1.35. The van der Waals surface area contributed by atoms with Crippen LogP contribution in [0.5, 0.6) is 0 Å². The van der Waals surface area contributed by atoms with Crippen molar-refractivity contribution in [3.05, 3.63) is 0 Å². The summed E-state index contributed by atoms with van der Waals surface area (Å²) < 4.78 is 14.2. The summed E-state index contributed by atoms with van der Waals surface area (Å²) in [4.78, 5) is 0. The summed E-state index contributed by atoms with van der Waals surface area (Å²) in [5.74, 6) is 0. The van der Waals surface area contributed by atoms with Crippen LogP contribution < -0.4 is 0 Å². The zero-order valence-electron chi connectivity index (χ0n) is 3.97. The maximum atomic E-state index is 9.60. The van der Waals surface area contributed by atoms with Crippen molar-refractivity contribution < 1.29 is 9.09 Å². The SMILES string of the molecule is CC(C)O[PH2]=O.[NaH]. The molecule has 0 aromatic carbocycles. The molecule has 0 heterocycles. The van der Waals surface area contributed by atoms with Crippen LogP contribution >= 0.6 is 8.69 Å². The molecule has 0 aromatic rings. The van der Waals surface area contributed by atoms with Crippen molar-refractivity contribution in [2.75, 3.05) is 0 Å². The summed E-state index contributed by atoms with van der Waals surface area (Å²) >= 11 is 0. The first-order valence-corrected chi connectivity index (χ1v) is 2.80. The molecule has 7 heavy (non-hydrogen) atoms. The summed E-state index contributed by atoms with van der Waals surface area (Å²) in [6.45, 7) is 3.70. The topological polar surface area (TPSA) is 26.3 Å². The predicted molar refractivity (Wildman–Crippen MR) is 33.8 cm³/mol. The molecule has 1 atom stereocenters. The van der Waals surface area contributed by atoms with Gasteiger partial charge in [0.2, 0.25) is 0 Å². The quantitative estimate of drug-likeness (QED) is 0.402. The molecule has 0 N–H and O–H groups in total. The Kier molecular flexibility index (Phi) is 11.3. The van der Waals surface area contributed by atoms with E-state index in [2.05, 4.69) is 4.52 Å². The molecule has 0 fully saturated rings. The van der Waals surface area contributed by atoms with Gasteiger partial charge in [0, 0.05) is 0 Å². The molecule has 0 rings (SSSR count). The van der Waals surface area contributed by atoms with E-state index in [1.54, 1.807) is 0 Å². The Morgan fingerprint density at radius 1 is 1.57 bits per heavy atom. The van der Waals surface area contributed by atoms with Gasteiger partial charge in [-0.05, 0) is 13.8 Å². The third-order valence-electron chi connectivity index (χ3n) is 0.328. The normalized spacial score (nSPS) is 10.1. The molecule has 0 aliphatic rings. The van der Waals surface area contributed by atoms with Crippen LogP contribution in [0.25, 0.3) is 0 Å². The Morgan fingerprint density at radius 2 is 2.00 bits per heavy atom. The van der Waals surface area contributed by atoms with Gasteiger partial charge in [-0.3, -0.25) is 4.57 Å². The first-order chi connectivity index (χ1) is 2.77. The molecule has 0 saturated heterocycles. The van der Waals surface area contributed by atoms with Crippen LogP contribution in [0.3, 0.4) is 0 Å². The number of hydrogen-bond donors (Lipinski definition) is 0. The Labute approximate surface area is 67.2 Å². The van der Waals surface area contributed by atoms with Crippen molar-refractivity contribution in [2.45, 2.75) is 20.0 Å². The van der Waals surface area contributed by atoms with Gasteiger partial charge >= 0.3 is 29.6 Å². The molecule has 0 aliphatic heterocycles. The standard InChI is InChI=1S/C3H9O2P.Na.H/c1-3(2)5-6-4;;/h3H,6H2,1-2H3;;. The molecule has 4 heteroatoms. The third kappa shape index (κ3) is 11.0. The van der Waals surface area contributed by atoms with Crippen molar-refractivity contribution in [1.29, 1.82) is 0 Å². The van der Waals surface area contributed by atoms with Gasteiger partial charge in [-0.2, -0.15) is 0 Å². The van der Waals surface area contributed by atoms with Crippen molar-refractivity contribution in [3.8, 4) is 0 Å². The fraction of sp³-hybridized carbons (Fsp3) is 1.00. The van der Waals surface area contributed by atoms with Crippen molar-refractivity contribution >= 4 is 38.2 Å². The van der Waals surface area contributed by atoms with Crippen LogP contribution in [0.15, 0.2) is 0 Å². The second kappa shape index (κ2) is 7.19. The van der Waals surface area contributed by atoms with Crippen LogP contribution in [0, 0.1) is 0 Å². The van der Waals surface area contributed by atoms with E-state index in [1.807, 2.05) is 13.8 Å². The van der Waals surface area contributed by atoms with E-state index in [-0.39, 0.29) is 35.7 Å². The monoisotopic (exact) mass is 132 g/mol. The van der Waals surface area contributed by atoms with Crippen molar-refractivity contribution in [3.63, 3.8) is 0 Å². The molecule has 0 radical (unpaired) electrons. The van der Waals surface area contributed by atoms with Gasteiger partial charge in [-0.25, -0.2) is 0 Å². The second-order valence-electron chi connectivity index (χ2n) is 1.28. The molecule has 2 nitrogen and oxygen atoms in total. The Balaban J connectivity index is 0. The minimum absolute atomic E-state index is 0. The second-order valence-corrected chi connectivity index (χ2v) is 1.75. The molecule has 40 valence electrons.